The van der Waals surface area contributed by atoms with Crippen LogP contribution >= 0.6 is 0 Å². The summed E-state index contributed by atoms with van der Waals surface area (Å²) in [6.07, 6.45) is 1.51. The van der Waals surface area contributed by atoms with E-state index in [-0.39, 0.29) is 17.5 Å². The summed E-state index contributed by atoms with van der Waals surface area (Å²) >= 11 is 0. The van der Waals surface area contributed by atoms with E-state index in [0.29, 0.717) is 25.2 Å². The Balaban J connectivity index is 1.61. The van der Waals surface area contributed by atoms with Crippen LogP contribution in [0.3, 0.4) is 0 Å². The maximum absolute atomic E-state index is 12.7. The molecule has 2 aromatic rings. The van der Waals surface area contributed by atoms with E-state index in [4.69, 9.17) is 4.74 Å². The first-order valence-electron chi connectivity index (χ1n) is 8.92. The van der Waals surface area contributed by atoms with Crippen molar-refractivity contribution in [2.75, 3.05) is 40.3 Å². The Bertz CT molecular complexity index is 799. The second-order valence-electron chi connectivity index (χ2n) is 6.56. The normalized spacial score (nSPS) is 14.7. The van der Waals surface area contributed by atoms with E-state index in [9.17, 15) is 9.59 Å². The second-order valence-corrected chi connectivity index (χ2v) is 6.56. The van der Waals surface area contributed by atoms with Gasteiger partial charge in [0.2, 0.25) is 0 Å². The van der Waals surface area contributed by atoms with E-state index in [0.717, 1.165) is 24.4 Å². The lowest BCUT2D eigenvalue weighted by molar-refractivity contribution is 0.0664. The van der Waals surface area contributed by atoms with Gasteiger partial charge in [-0.1, -0.05) is 12.1 Å². The molecule has 7 heteroatoms. The third-order valence-electron chi connectivity index (χ3n) is 4.64. The summed E-state index contributed by atoms with van der Waals surface area (Å²) in [4.78, 5) is 33.2. The minimum Gasteiger partial charge on any atom is -0.497 e. The standard InChI is InChI=1S/C20H24N4O3/c1-23-9-11-24(12-10-23)20(26)16-7-8-21-18(13-16)19(25)22-14-15-3-5-17(27-2)6-4-15/h3-8,13H,9-12,14H2,1-2H3,(H,22,25). The van der Waals surface area contributed by atoms with E-state index >= 15 is 0 Å². The summed E-state index contributed by atoms with van der Waals surface area (Å²) in [5, 5.41) is 2.83. The lowest BCUT2D eigenvalue weighted by atomic mass is 10.1. The van der Waals surface area contributed by atoms with E-state index in [2.05, 4.69) is 15.2 Å². The van der Waals surface area contributed by atoms with Crippen molar-refractivity contribution in [3.63, 3.8) is 0 Å². The number of carbonyl (C=O) groups is 2. The zero-order valence-corrected chi connectivity index (χ0v) is 15.6. The number of benzene rings is 1. The summed E-state index contributed by atoms with van der Waals surface area (Å²) in [5.74, 6) is 0.399. The quantitative estimate of drug-likeness (QED) is 0.864. The van der Waals surface area contributed by atoms with Gasteiger partial charge in [0, 0.05) is 44.5 Å². The van der Waals surface area contributed by atoms with E-state index in [1.165, 1.54) is 6.20 Å². The Kier molecular flexibility index (Phi) is 6.03. The molecule has 27 heavy (non-hydrogen) atoms. The van der Waals surface area contributed by atoms with Gasteiger partial charge in [-0.15, -0.1) is 0 Å². The van der Waals surface area contributed by atoms with Crippen LogP contribution in [-0.2, 0) is 6.54 Å². The van der Waals surface area contributed by atoms with Gasteiger partial charge in [0.05, 0.1) is 7.11 Å². The second kappa shape index (κ2) is 8.64. The van der Waals surface area contributed by atoms with Crippen molar-refractivity contribution < 1.29 is 14.3 Å². The summed E-state index contributed by atoms with van der Waals surface area (Å²) in [6, 6.07) is 10.7. The van der Waals surface area contributed by atoms with Crippen molar-refractivity contribution in [1.82, 2.24) is 20.1 Å². The molecule has 142 valence electrons. The molecule has 7 nitrogen and oxygen atoms in total. The van der Waals surface area contributed by atoms with E-state index in [1.54, 1.807) is 19.2 Å². The molecule has 2 amide bonds. The Morgan fingerprint density at radius 3 is 2.48 bits per heavy atom. The highest BCUT2D eigenvalue weighted by Crippen LogP contribution is 2.12. The van der Waals surface area contributed by atoms with Crippen LogP contribution in [0, 0.1) is 0 Å². The number of pyridine rings is 1. The molecule has 1 aromatic carbocycles. The van der Waals surface area contributed by atoms with Gasteiger partial charge in [0.1, 0.15) is 11.4 Å². The fourth-order valence-electron chi connectivity index (χ4n) is 2.90. The van der Waals surface area contributed by atoms with Crippen molar-refractivity contribution in [2.45, 2.75) is 6.54 Å². The number of rotatable bonds is 5. The van der Waals surface area contributed by atoms with Crippen LogP contribution in [0.4, 0.5) is 0 Å². The summed E-state index contributed by atoms with van der Waals surface area (Å²) in [6.45, 7) is 3.46. The van der Waals surface area contributed by atoms with Crippen LogP contribution in [0.15, 0.2) is 42.6 Å². The molecule has 0 spiro atoms. The van der Waals surface area contributed by atoms with Crippen LogP contribution in [0.2, 0.25) is 0 Å². The molecule has 1 N–H and O–H groups in total. The number of carbonyl (C=O) groups excluding carboxylic acids is 2. The third-order valence-corrected chi connectivity index (χ3v) is 4.64. The molecule has 2 heterocycles. The predicted octanol–water partition coefficient (Wildman–Crippen LogP) is 1.41. The van der Waals surface area contributed by atoms with Gasteiger partial charge in [-0.05, 0) is 36.9 Å². The molecule has 0 saturated carbocycles. The van der Waals surface area contributed by atoms with Gasteiger partial charge in [0.15, 0.2) is 0 Å². The minimum absolute atomic E-state index is 0.0605. The highest BCUT2D eigenvalue weighted by molar-refractivity contribution is 5.98. The Morgan fingerprint density at radius 1 is 1.11 bits per heavy atom. The smallest absolute Gasteiger partial charge is 0.270 e. The van der Waals surface area contributed by atoms with Gasteiger partial charge >= 0.3 is 0 Å². The molecule has 3 rings (SSSR count). The highest BCUT2D eigenvalue weighted by Gasteiger charge is 2.21. The molecule has 0 unspecified atom stereocenters. The van der Waals surface area contributed by atoms with Crippen molar-refractivity contribution >= 4 is 11.8 Å². The Hall–Kier alpha value is -2.93. The first-order valence-corrected chi connectivity index (χ1v) is 8.92. The molecule has 0 aliphatic carbocycles. The fraction of sp³-hybridized carbons (Fsp3) is 0.350. The number of piperazine rings is 1. The number of nitrogens with one attached hydrogen (secondary N) is 1. The maximum Gasteiger partial charge on any atom is 0.270 e. The third kappa shape index (κ3) is 4.83. The monoisotopic (exact) mass is 368 g/mol. The van der Waals surface area contributed by atoms with Gasteiger partial charge in [-0.25, -0.2) is 0 Å². The van der Waals surface area contributed by atoms with Gasteiger partial charge in [0.25, 0.3) is 11.8 Å². The number of hydrogen-bond donors (Lipinski definition) is 1. The minimum atomic E-state index is -0.307. The number of methoxy groups -OCH3 is 1. The number of ether oxygens (including phenoxy) is 1. The number of amides is 2. The van der Waals surface area contributed by atoms with Gasteiger partial charge in [-0.3, -0.25) is 14.6 Å². The molecular formula is C20H24N4O3. The lowest BCUT2D eigenvalue weighted by Gasteiger charge is -2.32. The molecule has 0 bridgehead atoms. The van der Waals surface area contributed by atoms with Crippen LogP contribution < -0.4 is 10.1 Å². The Labute approximate surface area is 158 Å². The van der Waals surface area contributed by atoms with E-state index < -0.39 is 0 Å². The first kappa shape index (κ1) is 18.8. The molecule has 1 aliphatic heterocycles. The zero-order valence-electron chi connectivity index (χ0n) is 15.6. The fourth-order valence-corrected chi connectivity index (χ4v) is 2.90. The molecule has 0 radical (unpaired) electrons. The van der Waals surface area contributed by atoms with Gasteiger partial charge in [-0.2, -0.15) is 0 Å². The van der Waals surface area contributed by atoms with Crippen molar-refractivity contribution in [3.05, 3.63) is 59.4 Å². The van der Waals surface area contributed by atoms with Gasteiger partial charge < -0.3 is 19.9 Å². The van der Waals surface area contributed by atoms with Crippen LogP contribution in [0.5, 0.6) is 5.75 Å². The van der Waals surface area contributed by atoms with Crippen molar-refractivity contribution in [3.8, 4) is 5.75 Å². The highest BCUT2D eigenvalue weighted by atomic mass is 16.5. The number of aromatic nitrogens is 1. The largest absolute Gasteiger partial charge is 0.497 e. The molecule has 1 aromatic heterocycles. The molecule has 1 saturated heterocycles. The first-order chi connectivity index (χ1) is 13.1. The molecule has 1 aliphatic rings. The molecular weight excluding hydrogens is 344 g/mol. The summed E-state index contributed by atoms with van der Waals surface area (Å²) in [5.41, 5.74) is 1.68. The average Bonchev–Trinajstić information content (AvgIpc) is 2.72. The number of likely N-dealkylation sites (N-methyl/N-ethyl adjacent to an activating group) is 1. The SMILES string of the molecule is COc1ccc(CNC(=O)c2cc(C(=O)N3CCN(C)CC3)ccn2)cc1. The van der Waals surface area contributed by atoms with E-state index in [1.807, 2.05) is 36.2 Å². The van der Waals surface area contributed by atoms with Crippen LogP contribution in [0.25, 0.3) is 0 Å². The van der Waals surface area contributed by atoms with Crippen molar-refractivity contribution in [1.29, 1.82) is 0 Å². The number of hydrogen-bond acceptors (Lipinski definition) is 5. The topological polar surface area (TPSA) is 74.8 Å². The maximum atomic E-state index is 12.7. The van der Waals surface area contributed by atoms with Crippen LogP contribution in [0.1, 0.15) is 26.4 Å². The summed E-state index contributed by atoms with van der Waals surface area (Å²) in [7, 11) is 3.65. The van der Waals surface area contributed by atoms with Crippen molar-refractivity contribution in [2.24, 2.45) is 0 Å². The number of nitrogens with zero attached hydrogens (tertiary/aromatic N) is 3. The summed E-state index contributed by atoms with van der Waals surface area (Å²) < 4.78 is 5.12. The zero-order chi connectivity index (χ0) is 19.2. The predicted molar refractivity (Wildman–Crippen MR) is 102 cm³/mol. The van der Waals surface area contributed by atoms with Crippen LogP contribution in [-0.4, -0.2) is 66.9 Å². The molecule has 0 atom stereocenters. The average molecular weight is 368 g/mol. The Morgan fingerprint density at radius 2 is 1.81 bits per heavy atom. The lowest BCUT2D eigenvalue weighted by Crippen LogP contribution is -2.47. The molecule has 1 fully saturated rings.